The van der Waals surface area contributed by atoms with Gasteiger partial charge in [-0.25, -0.2) is 9.88 Å². The Hall–Kier alpha value is -1.01. The van der Waals surface area contributed by atoms with Crippen LogP contribution in [-0.4, -0.2) is 55.4 Å². The number of aliphatic hydroxyl groups is 1. The van der Waals surface area contributed by atoms with E-state index in [0.717, 1.165) is 10.6 Å². The van der Waals surface area contributed by atoms with Crippen molar-refractivity contribution in [2.75, 3.05) is 6.61 Å². The van der Waals surface area contributed by atoms with Gasteiger partial charge in [0.15, 0.2) is 10.0 Å². The van der Waals surface area contributed by atoms with Gasteiger partial charge in [-0.2, -0.15) is 0 Å². The van der Waals surface area contributed by atoms with E-state index in [9.17, 15) is 24.1 Å². The third-order valence-corrected chi connectivity index (χ3v) is 6.27. The molecule has 1 aliphatic heterocycles. The Morgan fingerprint density at radius 3 is 2.76 bits per heavy atom. The maximum Gasteiger partial charge on any atom is 0.330 e. The molecule has 0 amide bonds. The molecule has 1 saturated heterocycles. The lowest BCUT2D eigenvalue weighted by atomic mass is 10.2. The summed E-state index contributed by atoms with van der Waals surface area (Å²) in [5.74, 6) is -0.586. The minimum absolute atomic E-state index is 0.318. The molecule has 0 saturated carbocycles. The van der Waals surface area contributed by atoms with Crippen molar-refractivity contribution in [3.05, 3.63) is 33.1 Å². The summed E-state index contributed by atoms with van der Waals surface area (Å²) in [4.78, 5) is 37.0. The number of rotatable bonds is 8. The van der Waals surface area contributed by atoms with E-state index in [2.05, 4.69) is 26.0 Å². The van der Waals surface area contributed by atoms with E-state index >= 15 is 0 Å². The maximum absolute atomic E-state index is 12.1. The van der Waals surface area contributed by atoms with Crippen LogP contribution in [0.2, 0.25) is 0 Å². The number of nitrogens with zero attached hydrogens (tertiary/aromatic N) is 1. The molecule has 2 heterocycles. The Labute approximate surface area is 179 Å². The van der Waals surface area contributed by atoms with Crippen molar-refractivity contribution in [3.8, 4) is 0 Å². The van der Waals surface area contributed by atoms with Crippen molar-refractivity contribution < 1.29 is 28.5 Å². The first-order chi connectivity index (χ1) is 13.4. The van der Waals surface area contributed by atoms with E-state index in [0.29, 0.717) is 0 Å². The first-order valence-corrected chi connectivity index (χ1v) is 11.1. The topological polar surface area (TPSA) is 149 Å². The van der Waals surface area contributed by atoms with Crippen LogP contribution in [0.4, 0.5) is 0 Å². The number of hydrogen-bond acceptors (Lipinski definition) is 8. The summed E-state index contributed by atoms with van der Waals surface area (Å²) in [5.41, 5.74) is -1.39. The Morgan fingerprint density at radius 2 is 2.17 bits per heavy atom. The van der Waals surface area contributed by atoms with E-state index in [1.165, 1.54) is 13.1 Å². The van der Waals surface area contributed by atoms with Crippen molar-refractivity contribution in [1.29, 1.82) is 0 Å². The monoisotopic (exact) mass is 517 g/mol. The van der Waals surface area contributed by atoms with Gasteiger partial charge in [0.2, 0.25) is 0 Å². The van der Waals surface area contributed by atoms with Crippen LogP contribution in [0.3, 0.4) is 0 Å². The number of aliphatic hydroxyl groups excluding tert-OH is 1. The van der Waals surface area contributed by atoms with E-state index in [1.54, 1.807) is 13.8 Å². The van der Waals surface area contributed by atoms with Gasteiger partial charge in [0.1, 0.15) is 18.2 Å². The number of carbonyl (C=O) groups excluding carboxylic acids is 1. The molecule has 0 aromatic carbocycles. The van der Waals surface area contributed by atoms with Crippen LogP contribution in [0.5, 0.6) is 0 Å². The van der Waals surface area contributed by atoms with Crippen molar-refractivity contribution in [2.24, 2.45) is 0 Å². The number of nitrogens with one attached hydrogen (secondary N) is 2. The number of hydrogen-bond donors (Lipinski definition) is 3. The normalized spacial score (nSPS) is 29.0. The second-order valence-electron chi connectivity index (χ2n) is 6.61. The minimum atomic E-state index is -2.88. The highest BCUT2D eigenvalue weighted by Crippen LogP contribution is 2.47. The van der Waals surface area contributed by atoms with Gasteiger partial charge in [-0.05, 0) is 20.8 Å². The molecule has 1 aliphatic rings. The number of aromatic nitrogens is 2. The smallest absolute Gasteiger partial charge is 0.330 e. The fourth-order valence-electron chi connectivity index (χ4n) is 2.49. The van der Waals surface area contributed by atoms with Crippen molar-refractivity contribution in [3.63, 3.8) is 0 Å². The van der Waals surface area contributed by atoms with E-state index < -0.39 is 53.7 Å². The van der Waals surface area contributed by atoms with Crippen molar-refractivity contribution in [1.82, 2.24) is 14.6 Å². The number of carbonyl (C=O) groups is 1. The average molecular weight is 519 g/mol. The largest absolute Gasteiger partial charge is 0.462 e. The molecule has 29 heavy (non-hydrogen) atoms. The Kier molecular flexibility index (Phi) is 8.25. The summed E-state index contributed by atoms with van der Waals surface area (Å²) in [6.07, 6.45) is -2.74. The van der Waals surface area contributed by atoms with Crippen LogP contribution in [0.15, 0.2) is 21.9 Å². The summed E-state index contributed by atoms with van der Waals surface area (Å²) in [7, 11) is -2.88. The molecule has 0 spiro atoms. The lowest BCUT2D eigenvalue weighted by Crippen LogP contribution is -2.40. The molecule has 6 atom stereocenters. The fraction of sp³-hybridized carbons (Fsp3) is 0.667. The number of halogens is 2. The first-order valence-electron chi connectivity index (χ1n) is 8.60. The van der Waals surface area contributed by atoms with Crippen molar-refractivity contribution in [2.45, 2.75) is 55.1 Å². The molecule has 3 N–H and O–H groups in total. The SMILES string of the molecule is CC(C)OC(=O)[C@H](C)N[PH](=O)OC[C@H]1OC(n2ccc(=O)[nH]c2=O)[C@](Cl)(Br)[C@@H]1O. The molecule has 1 aromatic heterocycles. The quantitative estimate of drug-likeness (QED) is 0.253. The summed E-state index contributed by atoms with van der Waals surface area (Å²) < 4.78 is 27.2. The Morgan fingerprint density at radius 1 is 1.52 bits per heavy atom. The summed E-state index contributed by atoms with van der Waals surface area (Å²) in [6, 6.07) is 0.232. The number of esters is 1. The van der Waals surface area contributed by atoms with Crippen LogP contribution < -0.4 is 16.3 Å². The van der Waals surface area contributed by atoms with Crippen LogP contribution in [0, 0.1) is 0 Å². The highest BCUT2D eigenvalue weighted by Gasteiger charge is 2.55. The third kappa shape index (κ3) is 6.00. The zero-order valence-corrected chi connectivity index (χ0v) is 19.1. The molecule has 2 rings (SSSR count). The standard InChI is InChI=1S/C15H22BrClN3O8P/c1-7(2)27-12(23)8(3)19-29(25)26-6-9-11(22)15(16,17)13(28-9)20-5-4-10(21)18-14(20)24/h4-5,7-9,11,13,22,29H,6H2,1-3H3,(H,19,25)(H,18,21,24)/t8-,9+,11+,13?,15-/m0/s1. The van der Waals surface area contributed by atoms with Gasteiger partial charge in [-0.1, -0.05) is 27.5 Å². The summed E-state index contributed by atoms with van der Waals surface area (Å²) in [6.45, 7) is 4.50. The molecule has 14 heteroatoms. The first kappa shape index (κ1) is 24.3. The van der Waals surface area contributed by atoms with Crippen LogP contribution >= 0.6 is 35.7 Å². The van der Waals surface area contributed by atoms with Gasteiger partial charge in [0.05, 0.1) is 12.7 Å². The number of H-pyrrole nitrogens is 1. The van der Waals surface area contributed by atoms with E-state index in [1.807, 2.05) is 0 Å². The summed E-state index contributed by atoms with van der Waals surface area (Å²) in [5, 5.41) is 12.9. The van der Waals surface area contributed by atoms with Gasteiger partial charge < -0.3 is 19.1 Å². The number of alkyl halides is 2. The predicted molar refractivity (Wildman–Crippen MR) is 108 cm³/mol. The second-order valence-corrected chi connectivity index (χ2v) is 10.2. The molecule has 11 nitrogen and oxygen atoms in total. The van der Waals surface area contributed by atoms with Crippen LogP contribution in [-0.2, 0) is 23.4 Å². The molecular formula is C15H22BrClN3O8P. The molecule has 2 unspecified atom stereocenters. The average Bonchev–Trinajstić information content (AvgIpc) is 2.82. The predicted octanol–water partition coefficient (Wildman–Crippen LogP) is 0.461. The lowest BCUT2D eigenvalue weighted by molar-refractivity contribution is -0.149. The molecule has 0 bridgehead atoms. The molecule has 164 valence electrons. The zero-order valence-electron chi connectivity index (χ0n) is 15.8. The van der Waals surface area contributed by atoms with Crippen LogP contribution in [0.1, 0.15) is 27.0 Å². The third-order valence-electron chi connectivity index (χ3n) is 3.90. The van der Waals surface area contributed by atoms with Crippen molar-refractivity contribution >= 4 is 41.7 Å². The molecule has 0 radical (unpaired) electrons. The summed E-state index contributed by atoms with van der Waals surface area (Å²) >= 11 is 9.43. The molecule has 1 fully saturated rings. The van der Waals surface area contributed by atoms with Gasteiger partial charge >= 0.3 is 11.7 Å². The minimum Gasteiger partial charge on any atom is -0.462 e. The Bertz CT molecular complexity index is 876. The van der Waals surface area contributed by atoms with Gasteiger partial charge in [0.25, 0.3) is 13.7 Å². The zero-order chi connectivity index (χ0) is 21.9. The molecule has 0 aliphatic carbocycles. The maximum atomic E-state index is 12.1. The van der Waals surface area contributed by atoms with Gasteiger partial charge in [-0.3, -0.25) is 23.7 Å². The van der Waals surface area contributed by atoms with E-state index in [-0.39, 0.29) is 12.7 Å². The Balaban J connectivity index is 2.00. The number of aromatic amines is 1. The van der Waals surface area contributed by atoms with Crippen LogP contribution in [0.25, 0.3) is 0 Å². The van der Waals surface area contributed by atoms with Gasteiger partial charge in [-0.15, -0.1) is 0 Å². The highest BCUT2D eigenvalue weighted by atomic mass is 79.9. The fourth-order valence-corrected chi connectivity index (χ4v) is 4.28. The van der Waals surface area contributed by atoms with Gasteiger partial charge in [0, 0.05) is 12.3 Å². The lowest BCUT2D eigenvalue weighted by Gasteiger charge is -2.24. The highest BCUT2D eigenvalue weighted by molar-refractivity contribution is 9.10. The number of ether oxygens (including phenoxy) is 2. The molecule has 1 aromatic rings. The molecular weight excluding hydrogens is 497 g/mol. The van der Waals surface area contributed by atoms with E-state index in [4.69, 9.17) is 25.6 Å². The second kappa shape index (κ2) is 9.86.